The predicted molar refractivity (Wildman–Crippen MR) is 296 cm³/mol. The van der Waals surface area contributed by atoms with Crippen LogP contribution in [0.3, 0.4) is 0 Å². The van der Waals surface area contributed by atoms with Crippen molar-refractivity contribution in [3.8, 4) is 0 Å². The molecule has 0 saturated carbocycles. The summed E-state index contributed by atoms with van der Waals surface area (Å²) in [6, 6.07) is 2.46. The lowest BCUT2D eigenvalue weighted by molar-refractivity contribution is -0.0550. The first-order chi connectivity index (χ1) is 42.8. The molecule has 7 aromatic heterocycles. The minimum absolute atomic E-state index is 0.0388. The molecular formula is C48H65N17O25. The maximum Gasteiger partial charge on any atom is 0.351 e. The highest BCUT2D eigenvalue weighted by Crippen LogP contribution is 2.34. The Morgan fingerprint density at radius 3 is 1.44 bits per heavy atom. The molecular weight excluding hydrogens is 1210 g/mol. The number of rotatable bonds is 10. The van der Waals surface area contributed by atoms with Crippen molar-refractivity contribution in [3.63, 3.8) is 0 Å². The second-order valence-electron chi connectivity index (χ2n) is 20.4. The summed E-state index contributed by atoms with van der Waals surface area (Å²) < 4.78 is 32.3. The number of anilines is 3. The fourth-order valence-electron chi connectivity index (χ4n) is 9.72. The van der Waals surface area contributed by atoms with E-state index in [2.05, 4.69) is 39.9 Å². The van der Waals surface area contributed by atoms with Crippen LogP contribution in [0.2, 0.25) is 0 Å². The second kappa shape index (κ2) is 28.7. The van der Waals surface area contributed by atoms with Crippen LogP contribution in [0.5, 0.6) is 0 Å². The van der Waals surface area contributed by atoms with Gasteiger partial charge >= 0.3 is 17.1 Å². The van der Waals surface area contributed by atoms with Gasteiger partial charge in [-0.2, -0.15) is 9.97 Å². The van der Waals surface area contributed by atoms with Gasteiger partial charge in [0.05, 0.1) is 51.8 Å². The van der Waals surface area contributed by atoms with Crippen LogP contribution in [-0.2, 0) is 23.7 Å². The van der Waals surface area contributed by atoms with Gasteiger partial charge in [0.15, 0.2) is 47.5 Å². The zero-order valence-corrected chi connectivity index (χ0v) is 46.7. The molecule has 0 radical (unpaired) electrons. The second-order valence-corrected chi connectivity index (χ2v) is 20.4. The number of H-pyrrole nitrogens is 3. The minimum atomic E-state index is -1.35. The number of ether oxygens (including phenoxy) is 5. The maximum absolute atomic E-state index is 11.7. The third-order valence-electron chi connectivity index (χ3n) is 14.5. The highest BCUT2D eigenvalue weighted by atomic mass is 16.6. The predicted octanol–water partition coefficient (Wildman–Crippen LogP) is -11.6. The van der Waals surface area contributed by atoms with Gasteiger partial charge in [-0.1, -0.05) is 0 Å². The molecule has 0 unspecified atom stereocenters. The van der Waals surface area contributed by atoms with Crippen LogP contribution in [0.15, 0.2) is 78.5 Å². The molecule has 23 N–H and O–H groups in total. The summed E-state index contributed by atoms with van der Waals surface area (Å²) in [6.07, 6.45) is -12.1. The topological polar surface area (TPSA) is 659 Å². The Kier molecular flexibility index (Phi) is 21.6. The van der Waals surface area contributed by atoms with Crippen LogP contribution >= 0.6 is 0 Å². The van der Waals surface area contributed by atoms with E-state index in [1.165, 1.54) is 51.1 Å². The molecule has 12 heterocycles. The molecule has 7 aromatic rings. The zero-order valence-electron chi connectivity index (χ0n) is 46.7. The SMILES string of the molecule is Cc1cn([C@H]2C[C@H](O)[C@@H](CO)O2)c(=O)[nH]c1=O.Nc1ccn([C@@H]2O[C@H](CO)[C@@H](O)[C@H]2O)c(=O)n1.Nc1nc2c(ncn2[C@@H]2O[C@H](CO)[C@@H](O)[C@H]2O)c(=O)[nH]1.Nc1ncnc2c1ncn2[C@@H]1O[C@H](CO)[C@@H](O)[C@H]1O.O=c1ccn([C@@H]2O[C@H](CO)[C@@H](O)[C@H]2O)c(=O)[nH]1. The number of hydrogen-bond donors (Lipinski definition) is 20. The smallest absolute Gasteiger partial charge is 0.351 e. The van der Waals surface area contributed by atoms with Crippen molar-refractivity contribution in [2.75, 3.05) is 50.2 Å². The Labute approximate surface area is 499 Å². The lowest BCUT2D eigenvalue weighted by atomic mass is 10.1. The van der Waals surface area contributed by atoms with Crippen molar-refractivity contribution in [2.45, 2.75) is 130 Å². The molecule has 0 spiro atoms. The average molecular weight is 1280 g/mol. The first-order valence-electron chi connectivity index (χ1n) is 26.8. The fourth-order valence-corrected chi connectivity index (χ4v) is 9.72. The van der Waals surface area contributed by atoms with Gasteiger partial charge in [0.2, 0.25) is 5.95 Å². The van der Waals surface area contributed by atoms with Crippen LogP contribution < -0.4 is 50.9 Å². The Bertz CT molecular complexity index is 3950. The number of aliphatic hydroxyl groups is 14. The number of nitrogens with one attached hydrogen (secondary N) is 3. The number of aromatic nitrogens is 14. The number of nitrogens with two attached hydrogens (primary N) is 3. The molecule has 5 saturated heterocycles. The highest BCUT2D eigenvalue weighted by Gasteiger charge is 2.47. The van der Waals surface area contributed by atoms with Gasteiger partial charge in [-0.25, -0.2) is 34.3 Å². The monoisotopic (exact) mass is 1280 g/mol. The van der Waals surface area contributed by atoms with E-state index < -0.39 is 177 Å². The van der Waals surface area contributed by atoms with Gasteiger partial charge in [-0.3, -0.25) is 52.2 Å². The van der Waals surface area contributed by atoms with Gasteiger partial charge in [0.1, 0.15) is 103 Å². The lowest BCUT2D eigenvalue weighted by Gasteiger charge is -2.16. The lowest BCUT2D eigenvalue weighted by Crippen LogP contribution is -2.37. The van der Waals surface area contributed by atoms with Gasteiger partial charge in [-0.15, -0.1) is 0 Å². The van der Waals surface area contributed by atoms with E-state index in [-0.39, 0.29) is 41.8 Å². The van der Waals surface area contributed by atoms with Crippen molar-refractivity contribution in [3.05, 3.63) is 118 Å². The third kappa shape index (κ3) is 14.0. The molecule has 42 nitrogen and oxygen atoms in total. The van der Waals surface area contributed by atoms with E-state index in [0.717, 1.165) is 21.4 Å². The van der Waals surface area contributed by atoms with Crippen molar-refractivity contribution >= 4 is 39.9 Å². The van der Waals surface area contributed by atoms with Gasteiger partial charge in [0, 0.05) is 36.6 Å². The van der Waals surface area contributed by atoms with Crippen LogP contribution in [0.4, 0.5) is 17.6 Å². The summed E-state index contributed by atoms with van der Waals surface area (Å²) in [5, 5.41) is 132. The van der Waals surface area contributed by atoms with E-state index in [1.807, 2.05) is 4.98 Å². The number of nitrogens with zero attached hydrogens (tertiary/aromatic N) is 11. The summed E-state index contributed by atoms with van der Waals surface area (Å²) in [5.74, 6) is 0.171. The first kappa shape index (κ1) is 67.7. The Morgan fingerprint density at radius 1 is 0.500 bits per heavy atom. The molecule has 5 aliphatic heterocycles. The summed E-state index contributed by atoms with van der Waals surface area (Å²) in [7, 11) is 0. The molecule has 5 fully saturated rings. The van der Waals surface area contributed by atoms with Crippen molar-refractivity contribution in [1.82, 2.24) is 67.7 Å². The summed E-state index contributed by atoms with van der Waals surface area (Å²) >= 11 is 0. The van der Waals surface area contributed by atoms with E-state index in [1.54, 1.807) is 6.92 Å². The van der Waals surface area contributed by atoms with Gasteiger partial charge < -0.3 is 112 Å². The van der Waals surface area contributed by atoms with E-state index in [9.17, 15) is 74.7 Å². The Balaban J connectivity index is 0.000000145. The van der Waals surface area contributed by atoms with E-state index in [0.29, 0.717) is 16.7 Å². The van der Waals surface area contributed by atoms with Crippen LogP contribution in [0.1, 0.15) is 43.1 Å². The number of aryl methyl sites for hydroxylation is 1. The highest BCUT2D eigenvalue weighted by molar-refractivity contribution is 5.81. The quantitative estimate of drug-likeness (QED) is 0.0605. The molecule has 90 heavy (non-hydrogen) atoms. The largest absolute Gasteiger partial charge is 0.394 e. The summed E-state index contributed by atoms with van der Waals surface area (Å²) in [5.41, 5.74) is 14.2. The Hall–Kier alpha value is -8.22. The van der Waals surface area contributed by atoms with Crippen molar-refractivity contribution in [1.29, 1.82) is 0 Å². The summed E-state index contributed by atoms with van der Waals surface area (Å²) in [4.78, 5) is 97.9. The van der Waals surface area contributed by atoms with Crippen molar-refractivity contribution in [2.24, 2.45) is 0 Å². The van der Waals surface area contributed by atoms with Crippen LogP contribution in [-0.4, -0.2) is 258 Å². The Morgan fingerprint density at radius 2 is 0.967 bits per heavy atom. The molecule has 12 rings (SSSR count). The van der Waals surface area contributed by atoms with E-state index >= 15 is 0 Å². The van der Waals surface area contributed by atoms with Crippen molar-refractivity contribution < 1.29 is 95.2 Å². The standard InChI is InChI=1S/C10H13N5O5.C10H13N5O4.C10H14N2O5.C9H13N3O5.C9H12N2O6/c11-10-13-7-4(8(19)14-10)12-2-15(7)9-6(18)5(17)3(1-16)20-9;11-8-5-9(13-2-12-8)15(3-14-5)10-7(18)6(17)4(1-16)19-10;1-5-3-12(10(16)11-9(5)15)8-2-6(14)7(4-13)17-8;10-5-1-2-12(9(16)11-5)8-7(15)6(14)4(3-13)17-8;12-3-4-6(14)7(15)8(17-4)11-2-1-5(13)10-9(11)16/h2-3,5-6,9,16-18H,1H2,(H3,11,13,14,19);2-4,6-7,10,16-18H,1H2,(H2,11,12,13);3,6-8,13-14H,2,4H2,1H3,(H,11,15,16);1-2,4,6-8,13-15H,3H2,(H2,10,11,16);1-2,4,6-8,12,14-15H,3H2,(H,10,13,16)/t3-,5-,6-,9-;4-,6-,7-,10-;6-,7+,8+;2*4-,6-,7-,8-/m11011/s1. The molecule has 492 valence electrons. The summed E-state index contributed by atoms with van der Waals surface area (Å²) in [6.45, 7) is -0.507. The molecule has 0 aliphatic carbocycles. The zero-order chi connectivity index (χ0) is 65.7. The molecule has 5 aliphatic rings. The number of fused-ring (bicyclic) bond motifs is 2. The number of nitrogen functional groups attached to an aromatic ring is 3. The number of hydrogen-bond acceptors (Lipinski definition) is 34. The normalized spacial score (nSPS) is 31.1. The maximum atomic E-state index is 11.7. The molecule has 42 heteroatoms. The molecule has 0 bridgehead atoms. The molecule has 0 amide bonds. The fraction of sp³-hybridized carbons (Fsp3) is 0.542. The number of aliphatic hydroxyl groups excluding tert-OH is 14. The van der Waals surface area contributed by atoms with E-state index in [4.69, 9.17) is 66.4 Å². The molecule has 0 aromatic carbocycles. The van der Waals surface area contributed by atoms with Gasteiger partial charge in [-0.05, 0) is 13.0 Å². The number of imidazole rings is 2. The average Bonchev–Trinajstić information content (AvgIpc) is 1.83. The third-order valence-corrected chi connectivity index (χ3v) is 14.5. The van der Waals surface area contributed by atoms with Crippen LogP contribution in [0, 0.1) is 6.92 Å². The van der Waals surface area contributed by atoms with Crippen LogP contribution in [0.25, 0.3) is 22.3 Å². The number of aromatic amines is 3. The molecule has 19 atom stereocenters. The minimum Gasteiger partial charge on any atom is -0.394 e. The first-order valence-corrected chi connectivity index (χ1v) is 26.8. The van der Waals surface area contributed by atoms with Gasteiger partial charge in [0.25, 0.3) is 16.7 Å².